The zero-order valence-corrected chi connectivity index (χ0v) is 15.7. The van der Waals surface area contributed by atoms with Gasteiger partial charge in [-0.25, -0.2) is 0 Å². The quantitative estimate of drug-likeness (QED) is 0.580. The smallest absolute Gasteiger partial charge is 0.311 e. The van der Waals surface area contributed by atoms with Crippen LogP contribution in [0.1, 0.15) is 15.9 Å². The van der Waals surface area contributed by atoms with Crippen LogP contribution in [0.15, 0.2) is 48.5 Å². The third kappa shape index (κ3) is 5.05. The van der Waals surface area contributed by atoms with Gasteiger partial charge in [-0.05, 0) is 17.7 Å². The fraction of sp³-hybridized carbons (Fsp3) is 0.350. The molecule has 1 heterocycles. The Morgan fingerprint density at radius 2 is 2.11 bits per heavy atom. The second-order valence-corrected chi connectivity index (χ2v) is 6.57. The number of amides is 1. The summed E-state index contributed by atoms with van der Waals surface area (Å²) in [5.41, 5.74) is 1.21. The van der Waals surface area contributed by atoms with Crippen LogP contribution in [-0.2, 0) is 11.3 Å². The molecule has 1 amide bonds. The maximum atomic E-state index is 12.4. The van der Waals surface area contributed by atoms with Crippen molar-refractivity contribution in [1.82, 2.24) is 10.2 Å². The van der Waals surface area contributed by atoms with Gasteiger partial charge in [0.15, 0.2) is 5.75 Å². The Morgan fingerprint density at radius 3 is 2.82 bits per heavy atom. The largest absolute Gasteiger partial charge is 0.490 e. The van der Waals surface area contributed by atoms with Crippen LogP contribution >= 0.6 is 0 Å². The SMILES string of the molecule is COc1ccc(C(=O)NC[C@@H]2CN(Cc3ccccc3)CCO2)cc1[N+](=O)[O-]. The third-order valence-corrected chi connectivity index (χ3v) is 4.60. The minimum Gasteiger partial charge on any atom is -0.490 e. The highest BCUT2D eigenvalue weighted by Crippen LogP contribution is 2.27. The van der Waals surface area contributed by atoms with Gasteiger partial charge in [0.25, 0.3) is 5.91 Å². The molecule has 28 heavy (non-hydrogen) atoms. The summed E-state index contributed by atoms with van der Waals surface area (Å²) >= 11 is 0. The lowest BCUT2D eigenvalue weighted by Crippen LogP contribution is -2.47. The molecule has 1 aliphatic heterocycles. The molecule has 0 radical (unpaired) electrons. The fourth-order valence-corrected chi connectivity index (χ4v) is 3.17. The molecule has 0 aromatic heterocycles. The standard InChI is InChI=1S/C20H23N3O5/c1-27-19-8-7-16(11-18(19)23(25)26)20(24)21-12-17-14-22(9-10-28-17)13-15-5-3-2-4-6-15/h2-8,11,17H,9-10,12-14H2,1H3,(H,21,24)/t17-/m1/s1. The topological polar surface area (TPSA) is 93.9 Å². The normalized spacial score (nSPS) is 17.1. The van der Waals surface area contributed by atoms with Crippen LogP contribution in [0, 0.1) is 10.1 Å². The van der Waals surface area contributed by atoms with Gasteiger partial charge in [0, 0.05) is 37.8 Å². The van der Waals surface area contributed by atoms with Crippen LogP contribution in [0.4, 0.5) is 5.69 Å². The summed E-state index contributed by atoms with van der Waals surface area (Å²) < 4.78 is 10.7. The Hall–Kier alpha value is -2.97. The van der Waals surface area contributed by atoms with E-state index in [1.807, 2.05) is 18.2 Å². The van der Waals surface area contributed by atoms with E-state index in [1.54, 1.807) is 0 Å². The molecule has 0 saturated carbocycles. The van der Waals surface area contributed by atoms with E-state index in [9.17, 15) is 14.9 Å². The lowest BCUT2D eigenvalue weighted by molar-refractivity contribution is -0.385. The molecule has 2 aromatic rings. The minimum atomic E-state index is -0.568. The molecule has 0 unspecified atom stereocenters. The number of benzene rings is 2. The van der Waals surface area contributed by atoms with Crippen LogP contribution in [-0.4, -0.2) is 55.2 Å². The highest BCUT2D eigenvalue weighted by molar-refractivity contribution is 5.95. The molecule has 3 rings (SSSR count). The summed E-state index contributed by atoms with van der Waals surface area (Å²) in [6.07, 6.45) is -0.130. The summed E-state index contributed by atoms with van der Waals surface area (Å²) in [6, 6.07) is 14.3. The second kappa shape index (κ2) is 9.29. The number of carbonyl (C=O) groups is 1. The van der Waals surface area contributed by atoms with Gasteiger partial charge in [-0.2, -0.15) is 0 Å². The number of nitrogens with one attached hydrogen (secondary N) is 1. The number of ether oxygens (including phenoxy) is 2. The molecule has 1 aliphatic rings. The van der Waals surface area contributed by atoms with Crippen LogP contribution in [0.3, 0.4) is 0 Å². The molecule has 0 aliphatic carbocycles. The fourth-order valence-electron chi connectivity index (χ4n) is 3.17. The second-order valence-electron chi connectivity index (χ2n) is 6.57. The lowest BCUT2D eigenvalue weighted by Gasteiger charge is -2.33. The van der Waals surface area contributed by atoms with Crippen molar-refractivity contribution >= 4 is 11.6 Å². The zero-order chi connectivity index (χ0) is 19.9. The molecular formula is C20H23N3O5. The first kappa shape index (κ1) is 19.8. The number of nitro groups is 1. The molecular weight excluding hydrogens is 362 g/mol. The highest BCUT2D eigenvalue weighted by atomic mass is 16.6. The van der Waals surface area contributed by atoms with Crippen molar-refractivity contribution in [1.29, 1.82) is 0 Å². The Kier molecular flexibility index (Phi) is 6.57. The van der Waals surface area contributed by atoms with Gasteiger partial charge in [0.1, 0.15) is 0 Å². The summed E-state index contributed by atoms with van der Waals surface area (Å²) in [4.78, 5) is 25.2. The van der Waals surface area contributed by atoms with E-state index in [4.69, 9.17) is 9.47 Å². The summed E-state index contributed by atoms with van der Waals surface area (Å²) in [6.45, 7) is 3.31. The lowest BCUT2D eigenvalue weighted by atomic mass is 10.1. The van der Waals surface area contributed by atoms with E-state index in [1.165, 1.54) is 30.9 Å². The average molecular weight is 385 g/mol. The van der Waals surface area contributed by atoms with E-state index < -0.39 is 4.92 Å². The molecule has 1 fully saturated rings. The number of hydrogen-bond acceptors (Lipinski definition) is 6. The van der Waals surface area contributed by atoms with Crippen molar-refractivity contribution in [2.24, 2.45) is 0 Å². The van der Waals surface area contributed by atoms with Gasteiger partial charge >= 0.3 is 5.69 Å². The summed E-state index contributed by atoms with van der Waals surface area (Å²) in [7, 11) is 1.35. The molecule has 0 spiro atoms. The van der Waals surface area contributed by atoms with Crippen molar-refractivity contribution in [3.8, 4) is 5.75 Å². The van der Waals surface area contributed by atoms with Crippen LogP contribution in [0.5, 0.6) is 5.75 Å². The van der Waals surface area contributed by atoms with Crippen LogP contribution in [0.2, 0.25) is 0 Å². The molecule has 1 saturated heterocycles. The minimum absolute atomic E-state index is 0.119. The first-order valence-corrected chi connectivity index (χ1v) is 9.05. The maximum absolute atomic E-state index is 12.4. The average Bonchev–Trinajstić information content (AvgIpc) is 2.72. The highest BCUT2D eigenvalue weighted by Gasteiger charge is 2.22. The van der Waals surface area contributed by atoms with Crippen LogP contribution < -0.4 is 10.1 Å². The van der Waals surface area contributed by atoms with Gasteiger partial charge in [-0.3, -0.25) is 19.8 Å². The molecule has 148 valence electrons. The molecule has 1 N–H and O–H groups in total. The van der Waals surface area contributed by atoms with Gasteiger partial charge in [-0.15, -0.1) is 0 Å². The Bertz CT molecular complexity index is 828. The van der Waals surface area contributed by atoms with Crippen LogP contribution in [0.25, 0.3) is 0 Å². The van der Waals surface area contributed by atoms with Gasteiger partial charge < -0.3 is 14.8 Å². The number of rotatable bonds is 7. The first-order valence-electron chi connectivity index (χ1n) is 9.05. The predicted octanol–water partition coefficient (Wildman–Crippen LogP) is 2.23. The Labute approximate surface area is 163 Å². The number of nitro benzene ring substituents is 1. The molecule has 8 nitrogen and oxygen atoms in total. The molecule has 8 heteroatoms. The predicted molar refractivity (Wildman–Crippen MR) is 103 cm³/mol. The number of morpholine rings is 1. The van der Waals surface area contributed by atoms with Crippen molar-refractivity contribution in [2.45, 2.75) is 12.6 Å². The van der Waals surface area contributed by atoms with E-state index in [0.717, 1.165) is 13.1 Å². The Morgan fingerprint density at radius 1 is 1.32 bits per heavy atom. The maximum Gasteiger partial charge on any atom is 0.311 e. The van der Waals surface area contributed by atoms with E-state index in [0.29, 0.717) is 19.7 Å². The number of carbonyl (C=O) groups excluding carboxylic acids is 1. The van der Waals surface area contributed by atoms with E-state index in [2.05, 4.69) is 22.3 Å². The molecule has 0 bridgehead atoms. The Balaban J connectivity index is 1.55. The van der Waals surface area contributed by atoms with Crippen molar-refractivity contribution < 1.29 is 19.2 Å². The number of hydrogen-bond donors (Lipinski definition) is 1. The van der Waals surface area contributed by atoms with Gasteiger partial charge in [-0.1, -0.05) is 30.3 Å². The van der Waals surface area contributed by atoms with Crippen molar-refractivity contribution in [3.63, 3.8) is 0 Å². The molecule has 2 aromatic carbocycles. The molecule has 1 atom stereocenters. The van der Waals surface area contributed by atoms with E-state index in [-0.39, 0.29) is 29.0 Å². The van der Waals surface area contributed by atoms with Crippen molar-refractivity contribution in [3.05, 3.63) is 69.8 Å². The zero-order valence-electron chi connectivity index (χ0n) is 15.7. The number of nitrogens with zero attached hydrogens (tertiary/aromatic N) is 2. The third-order valence-electron chi connectivity index (χ3n) is 4.60. The van der Waals surface area contributed by atoms with Crippen molar-refractivity contribution in [2.75, 3.05) is 33.4 Å². The van der Waals surface area contributed by atoms with E-state index >= 15 is 0 Å². The first-order chi connectivity index (χ1) is 13.6. The summed E-state index contributed by atoms with van der Waals surface area (Å²) in [5.74, 6) is -0.261. The van der Waals surface area contributed by atoms with Gasteiger partial charge in [0.05, 0.1) is 24.7 Å². The monoisotopic (exact) mass is 385 g/mol. The van der Waals surface area contributed by atoms with Gasteiger partial charge in [0.2, 0.25) is 0 Å². The summed E-state index contributed by atoms with van der Waals surface area (Å²) in [5, 5.41) is 13.9. The number of methoxy groups -OCH3 is 1.